The third kappa shape index (κ3) is 6.03. The number of aliphatic carboxylic acids is 1. The zero-order chi connectivity index (χ0) is 23.3. The first-order valence-corrected chi connectivity index (χ1v) is 11.6. The van der Waals surface area contributed by atoms with E-state index in [4.69, 9.17) is 33.0 Å². The summed E-state index contributed by atoms with van der Waals surface area (Å²) in [5, 5.41) is 9.32. The van der Waals surface area contributed by atoms with Gasteiger partial charge in [-0.2, -0.15) is 0 Å². The molecule has 3 unspecified atom stereocenters. The highest BCUT2D eigenvalue weighted by molar-refractivity contribution is 6.42. The molecule has 9 heteroatoms. The number of nitrogens with zero attached hydrogens (tertiary/aromatic N) is 2. The van der Waals surface area contributed by atoms with Crippen LogP contribution >= 0.6 is 23.2 Å². The zero-order valence-electron chi connectivity index (χ0n) is 18.0. The van der Waals surface area contributed by atoms with E-state index < -0.39 is 18.0 Å². The Labute approximate surface area is 197 Å². The van der Waals surface area contributed by atoms with Crippen LogP contribution in [0.15, 0.2) is 30.4 Å². The van der Waals surface area contributed by atoms with Crippen molar-refractivity contribution in [3.63, 3.8) is 0 Å². The van der Waals surface area contributed by atoms with Gasteiger partial charge < -0.3 is 14.7 Å². The summed E-state index contributed by atoms with van der Waals surface area (Å²) in [6.07, 6.45) is 6.60. The lowest BCUT2D eigenvalue weighted by atomic mass is 9.88. The first kappa shape index (κ1) is 24.6. The van der Waals surface area contributed by atoms with Gasteiger partial charge in [-0.25, -0.2) is 9.59 Å². The number of esters is 1. The molecule has 0 aromatic heterocycles. The van der Waals surface area contributed by atoms with Crippen molar-refractivity contribution in [3.05, 3.63) is 46.0 Å². The minimum absolute atomic E-state index is 0.00730. The van der Waals surface area contributed by atoms with Crippen LogP contribution in [0.1, 0.15) is 50.2 Å². The summed E-state index contributed by atoms with van der Waals surface area (Å²) in [7, 11) is 1.74. The van der Waals surface area contributed by atoms with Gasteiger partial charge in [0.15, 0.2) is 0 Å². The number of carbonyl (C=O) groups is 3. The molecule has 2 fully saturated rings. The summed E-state index contributed by atoms with van der Waals surface area (Å²) in [4.78, 5) is 40.7. The second-order valence-corrected chi connectivity index (χ2v) is 9.09. The number of likely N-dealkylation sites (tertiary alicyclic amines) is 1. The Hall–Kier alpha value is -2.09. The molecule has 32 heavy (non-hydrogen) atoms. The van der Waals surface area contributed by atoms with Gasteiger partial charge in [0.05, 0.1) is 10.0 Å². The number of carbonyl (C=O) groups excluding carboxylic acids is 2. The van der Waals surface area contributed by atoms with Crippen LogP contribution in [0, 0.1) is 0 Å². The number of amides is 1. The highest BCUT2D eigenvalue weighted by Gasteiger charge is 2.38. The van der Waals surface area contributed by atoms with Crippen LogP contribution in [0.25, 0.3) is 0 Å². The molecule has 0 radical (unpaired) electrons. The SMILES string of the molecule is CN(C(=O)C(OC(=O)/C=C\C(=O)O)c1ccc(Cl)c(Cl)c1)C1CCCCC1N1CCCC1. The van der Waals surface area contributed by atoms with Gasteiger partial charge in [0.1, 0.15) is 0 Å². The average Bonchev–Trinajstić information content (AvgIpc) is 3.32. The van der Waals surface area contributed by atoms with Gasteiger partial charge in [0, 0.05) is 36.8 Å². The van der Waals surface area contributed by atoms with Crippen LogP contribution in [0.3, 0.4) is 0 Å². The molecule has 3 atom stereocenters. The summed E-state index contributed by atoms with van der Waals surface area (Å²) in [5.41, 5.74) is 0.377. The van der Waals surface area contributed by atoms with Crippen molar-refractivity contribution in [3.8, 4) is 0 Å². The number of rotatable bonds is 7. The van der Waals surface area contributed by atoms with Crippen molar-refractivity contribution in [2.75, 3.05) is 20.1 Å². The van der Waals surface area contributed by atoms with Gasteiger partial charge in [-0.15, -0.1) is 0 Å². The maximum Gasteiger partial charge on any atom is 0.332 e. The number of hydrogen-bond donors (Lipinski definition) is 1. The average molecular weight is 483 g/mol. The fraction of sp³-hybridized carbons (Fsp3) is 0.522. The zero-order valence-corrected chi connectivity index (χ0v) is 19.5. The van der Waals surface area contributed by atoms with Crippen molar-refractivity contribution in [1.82, 2.24) is 9.80 Å². The molecule has 1 aromatic rings. The van der Waals surface area contributed by atoms with Crippen LogP contribution in [0.4, 0.5) is 0 Å². The van der Waals surface area contributed by atoms with E-state index in [1.54, 1.807) is 18.0 Å². The predicted octanol–water partition coefficient (Wildman–Crippen LogP) is 4.08. The van der Waals surface area contributed by atoms with Gasteiger partial charge >= 0.3 is 11.9 Å². The molecule has 3 rings (SSSR count). The standard InChI is InChI=1S/C23H28Cl2N2O5/c1-26(18-6-2-3-7-19(18)27-12-4-5-13-27)23(31)22(32-21(30)11-10-20(28)29)15-8-9-16(24)17(25)14-15/h8-11,14,18-19,22H,2-7,12-13H2,1H3,(H,28,29)/b11-10-. The third-order valence-corrected chi connectivity index (χ3v) is 6.95. The molecule has 2 aliphatic rings. The van der Waals surface area contributed by atoms with E-state index in [0.717, 1.165) is 44.8 Å². The molecule has 0 bridgehead atoms. The highest BCUT2D eigenvalue weighted by Crippen LogP contribution is 2.33. The monoisotopic (exact) mass is 482 g/mol. The van der Waals surface area contributed by atoms with E-state index in [2.05, 4.69) is 4.90 Å². The lowest BCUT2D eigenvalue weighted by Crippen LogP contribution is -2.54. The highest BCUT2D eigenvalue weighted by atomic mass is 35.5. The Kier molecular flexibility index (Phi) is 8.57. The smallest absolute Gasteiger partial charge is 0.332 e. The van der Waals surface area contributed by atoms with Crippen LogP contribution in [0.5, 0.6) is 0 Å². The Balaban J connectivity index is 1.86. The maximum absolute atomic E-state index is 13.6. The lowest BCUT2D eigenvalue weighted by molar-refractivity contribution is -0.158. The lowest BCUT2D eigenvalue weighted by Gasteiger charge is -2.43. The number of halogens is 2. The van der Waals surface area contributed by atoms with Crippen LogP contribution < -0.4 is 0 Å². The van der Waals surface area contributed by atoms with Gasteiger partial charge in [-0.1, -0.05) is 42.1 Å². The van der Waals surface area contributed by atoms with Crippen molar-refractivity contribution >= 4 is 41.0 Å². The molecule has 1 saturated carbocycles. The third-order valence-electron chi connectivity index (χ3n) is 6.22. The topological polar surface area (TPSA) is 87.1 Å². The van der Waals surface area contributed by atoms with Crippen molar-refractivity contribution < 1.29 is 24.2 Å². The second kappa shape index (κ2) is 11.2. The number of likely N-dealkylation sites (N-methyl/N-ethyl adjacent to an activating group) is 1. The number of carboxylic acids is 1. The minimum atomic E-state index is -1.29. The van der Waals surface area contributed by atoms with Crippen molar-refractivity contribution in [2.45, 2.75) is 56.7 Å². The van der Waals surface area contributed by atoms with E-state index in [-0.39, 0.29) is 23.0 Å². The van der Waals surface area contributed by atoms with Crippen molar-refractivity contribution in [2.24, 2.45) is 0 Å². The largest absolute Gasteiger partial charge is 0.478 e. The quantitative estimate of drug-likeness (QED) is 0.465. The number of hydrogen-bond acceptors (Lipinski definition) is 5. The molecular formula is C23H28Cl2N2O5. The first-order chi connectivity index (χ1) is 15.3. The molecule has 1 N–H and O–H groups in total. The normalized spacial score (nSPS) is 22.6. The molecule has 1 aromatic carbocycles. The Morgan fingerprint density at radius 2 is 1.78 bits per heavy atom. The molecule has 1 amide bonds. The van der Waals surface area contributed by atoms with Gasteiger partial charge in [-0.3, -0.25) is 9.69 Å². The minimum Gasteiger partial charge on any atom is -0.478 e. The van der Waals surface area contributed by atoms with Gasteiger partial charge in [0.25, 0.3) is 5.91 Å². The fourth-order valence-corrected chi connectivity index (χ4v) is 4.93. The Morgan fingerprint density at radius 1 is 1.09 bits per heavy atom. The molecule has 7 nitrogen and oxygen atoms in total. The molecule has 1 aliphatic heterocycles. The van der Waals surface area contributed by atoms with E-state index in [1.807, 2.05) is 0 Å². The molecule has 1 saturated heterocycles. The van der Waals surface area contributed by atoms with E-state index in [0.29, 0.717) is 16.7 Å². The molecule has 0 spiro atoms. The van der Waals surface area contributed by atoms with E-state index in [9.17, 15) is 14.4 Å². The maximum atomic E-state index is 13.6. The van der Waals surface area contributed by atoms with Crippen LogP contribution in [-0.2, 0) is 19.1 Å². The molecule has 1 aliphatic carbocycles. The summed E-state index contributed by atoms with van der Waals surface area (Å²) < 4.78 is 5.42. The van der Waals surface area contributed by atoms with Crippen LogP contribution in [-0.4, -0.2) is 65.0 Å². The van der Waals surface area contributed by atoms with Crippen molar-refractivity contribution in [1.29, 1.82) is 0 Å². The Morgan fingerprint density at radius 3 is 2.44 bits per heavy atom. The Bertz CT molecular complexity index is 885. The fourth-order valence-electron chi connectivity index (χ4n) is 4.62. The van der Waals surface area contributed by atoms with Gasteiger partial charge in [0.2, 0.25) is 6.10 Å². The second-order valence-electron chi connectivity index (χ2n) is 8.27. The van der Waals surface area contributed by atoms with E-state index in [1.165, 1.54) is 25.0 Å². The van der Waals surface area contributed by atoms with E-state index >= 15 is 0 Å². The summed E-state index contributed by atoms with van der Waals surface area (Å²) >= 11 is 12.2. The molecule has 1 heterocycles. The number of carboxylic acid groups (broad SMARTS) is 1. The summed E-state index contributed by atoms with van der Waals surface area (Å²) in [5.74, 6) is -2.59. The molecular weight excluding hydrogens is 455 g/mol. The molecule has 174 valence electrons. The summed E-state index contributed by atoms with van der Waals surface area (Å²) in [6, 6.07) is 4.89. The van der Waals surface area contributed by atoms with Crippen LogP contribution in [0.2, 0.25) is 10.0 Å². The number of ether oxygens (including phenoxy) is 1. The first-order valence-electron chi connectivity index (χ1n) is 10.8. The van der Waals surface area contributed by atoms with Gasteiger partial charge in [-0.05, 0) is 50.9 Å². The summed E-state index contributed by atoms with van der Waals surface area (Å²) in [6.45, 7) is 2.07. The number of benzene rings is 1. The predicted molar refractivity (Wildman–Crippen MR) is 122 cm³/mol.